The third kappa shape index (κ3) is 3.96. The Morgan fingerprint density at radius 2 is 2.11 bits per heavy atom. The van der Waals surface area contributed by atoms with Gasteiger partial charge in [-0.15, -0.1) is 0 Å². The van der Waals surface area contributed by atoms with Crippen molar-refractivity contribution in [2.75, 3.05) is 6.54 Å². The summed E-state index contributed by atoms with van der Waals surface area (Å²) in [6, 6.07) is 1.90. The molecule has 0 unspecified atom stereocenters. The smallest absolute Gasteiger partial charge is 0.194 e. The van der Waals surface area contributed by atoms with Gasteiger partial charge in [0.1, 0.15) is 5.76 Å². The molecule has 0 radical (unpaired) electrons. The van der Waals surface area contributed by atoms with Crippen LogP contribution in [0.5, 0.6) is 0 Å². The summed E-state index contributed by atoms with van der Waals surface area (Å²) < 4.78 is 11.0. The second-order valence-electron chi connectivity index (χ2n) is 5.79. The predicted molar refractivity (Wildman–Crippen MR) is 75.0 cm³/mol. The summed E-state index contributed by atoms with van der Waals surface area (Å²) in [5.74, 6) is 2.42. The lowest BCUT2D eigenvalue weighted by Crippen LogP contribution is -2.36. The molecule has 2 aromatic heterocycles. The lowest BCUT2D eigenvalue weighted by atomic mass is 10.1. The van der Waals surface area contributed by atoms with Gasteiger partial charge in [-0.05, 0) is 46.7 Å². The quantitative estimate of drug-likeness (QED) is 0.837. The Hall–Kier alpha value is -1.55. The van der Waals surface area contributed by atoms with E-state index in [1.807, 2.05) is 13.0 Å². The molecule has 19 heavy (non-hydrogen) atoms. The molecule has 0 bridgehead atoms. The molecule has 0 spiro atoms. The first-order valence-electron chi connectivity index (χ1n) is 6.70. The summed E-state index contributed by atoms with van der Waals surface area (Å²) in [5.41, 5.74) is 1.14. The highest BCUT2D eigenvalue weighted by atomic mass is 16.4. The van der Waals surface area contributed by atoms with Crippen LogP contribution in [-0.2, 0) is 6.42 Å². The summed E-state index contributed by atoms with van der Waals surface area (Å²) in [6.45, 7) is 9.38. The fraction of sp³-hybridized carbons (Fsp3) is 0.533. The Labute approximate surface area is 114 Å². The molecule has 0 saturated carbocycles. The average molecular weight is 262 g/mol. The highest BCUT2D eigenvalue weighted by Gasteiger charge is 2.11. The first-order valence-corrected chi connectivity index (χ1v) is 6.70. The number of aryl methyl sites for hydroxylation is 2. The third-order valence-corrected chi connectivity index (χ3v) is 2.90. The van der Waals surface area contributed by atoms with Gasteiger partial charge in [0.15, 0.2) is 11.7 Å². The Morgan fingerprint density at radius 3 is 2.74 bits per heavy atom. The molecule has 0 fully saturated rings. The van der Waals surface area contributed by atoms with Gasteiger partial charge in [-0.2, -0.15) is 0 Å². The fourth-order valence-corrected chi connectivity index (χ4v) is 1.89. The Balaban J connectivity index is 1.87. The van der Waals surface area contributed by atoms with Gasteiger partial charge in [-0.25, -0.2) is 4.98 Å². The van der Waals surface area contributed by atoms with Crippen LogP contribution in [0.25, 0.3) is 11.3 Å². The van der Waals surface area contributed by atoms with Gasteiger partial charge in [0.05, 0.1) is 18.0 Å². The van der Waals surface area contributed by atoms with E-state index in [1.54, 1.807) is 12.5 Å². The molecule has 1 N–H and O–H groups in total. The van der Waals surface area contributed by atoms with E-state index in [-0.39, 0.29) is 5.54 Å². The molecule has 0 aliphatic rings. The topological polar surface area (TPSA) is 51.2 Å². The molecule has 4 nitrogen and oxygen atoms in total. The summed E-state index contributed by atoms with van der Waals surface area (Å²) in [5, 5.41) is 3.45. The monoisotopic (exact) mass is 262 g/mol. The zero-order valence-electron chi connectivity index (χ0n) is 12.1. The minimum absolute atomic E-state index is 0.162. The Morgan fingerprint density at radius 1 is 1.32 bits per heavy atom. The molecule has 2 rings (SSSR count). The van der Waals surface area contributed by atoms with Crippen molar-refractivity contribution < 1.29 is 8.83 Å². The van der Waals surface area contributed by atoms with Crippen LogP contribution in [0.3, 0.4) is 0 Å². The maximum Gasteiger partial charge on any atom is 0.194 e. The summed E-state index contributed by atoms with van der Waals surface area (Å²) >= 11 is 0. The van der Waals surface area contributed by atoms with E-state index in [0.29, 0.717) is 0 Å². The first kappa shape index (κ1) is 13.9. The second kappa shape index (κ2) is 5.61. The van der Waals surface area contributed by atoms with Crippen molar-refractivity contribution in [2.24, 2.45) is 0 Å². The van der Waals surface area contributed by atoms with Crippen LogP contribution in [0.4, 0.5) is 0 Å². The lowest BCUT2D eigenvalue weighted by molar-refractivity contribution is 0.412. The second-order valence-corrected chi connectivity index (χ2v) is 5.79. The number of hydrogen-bond acceptors (Lipinski definition) is 4. The highest BCUT2D eigenvalue weighted by molar-refractivity contribution is 5.58. The van der Waals surface area contributed by atoms with Crippen LogP contribution >= 0.6 is 0 Å². The molecule has 0 aliphatic heterocycles. The molecule has 2 aromatic rings. The number of furan rings is 1. The van der Waals surface area contributed by atoms with Gasteiger partial charge in [0.25, 0.3) is 0 Å². The Kier molecular flexibility index (Phi) is 4.10. The number of nitrogens with zero attached hydrogens (tertiary/aromatic N) is 1. The van der Waals surface area contributed by atoms with Crippen molar-refractivity contribution in [3.63, 3.8) is 0 Å². The molecular formula is C15H22N2O2. The van der Waals surface area contributed by atoms with Gasteiger partial charge >= 0.3 is 0 Å². The predicted octanol–water partition coefficient (Wildman–Crippen LogP) is 3.56. The van der Waals surface area contributed by atoms with Crippen LogP contribution < -0.4 is 5.32 Å². The average Bonchev–Trinajstić information content (AvgIpc) is 2.91. The zero-order valence-corrected chi connectivity index (χ0v) is 12.1. The van der Waals surface area contributed by atoms with Gasteiger partial charge in [-0.1, -0.05) is 0 Å². The minimum atomic E-state index is 0.162. The van der Waals surface area contributed by atoms with Gasteiger partial charge < -0.3 is 14.2 Å². The van der Waals surface area contributed by atoms with E-state index in [4.69, 9.17) is 8.83 Å². The highest BCUT2D eigenvalue weighted by Crippen LogP contribution is 2.25. The maximum absolute atomic E-state index is 5.74. The van der Waals surface area contributed by atoms with Crippen molar-refractivity contribution in [2.45, 2.75) is 46.1 Å². The van der Waals surface area contributed by atoms with Crippen molar-refractivity contribution >= 4 is 0 Å². The van der Waals surface area contributed by atoms with E-state index in [2.05, 4.69) is 31.1 Å². The lowest BCUT2D eigenvalue weighted by Gasteiger charge is -2.19. The molecule has 2 heterocycles. The molecule has 104 valence electrons. The zero-order chi connectivity index (χ0) is 13.9. The van der Waals surface area contributed by atoms with Gasteiger partial charge in [0, 0.05) is 12.0 Å². The van der Waals surface area contributed by atoms with Crippen molar-refractivity contribution in [1.29, 1.82) is 0 Å². The van der Waals surface area contributed by atoms with Crippen LogP contribution in [0, 0.1) is 6.92 Å². The Bertz CT molecular complexity index is 520. The van der Waals surface area contributed by atoms with E-state index in [0.717, 1.165) is 42.4 Å². The summed E-state index contributed by atoms with van der Waals surface area (Å²) in [7, 11) is 0. The van der Waals surface area contributed by atoms with E-state index in [1.165, 1.54) is 0 Å². The molecule has 0 saturated heterocycles. The van der Waals surface area contributed by atoms with Gasteiger partial charge in [0.2, 0.25) is 0 Å². The summed E-state index contributed by atoms with van der Waals surface area (Å²) in [6.07, 6.45) is 5.30. The largest absolute Gasteiger partial charge is 0.469 e. The molecule has 0 aliphatic carbocycles. The molecule has 0 atom stereocenters. The van der Waals surface area contributed by atoms with E-state index >= 15 is 0 Å². The molecular weight excluding hydrogens is 240 g/mol. The molecule has 0 amide bonds. The SMILES string of the molecule is Cc1occc1-c1cnc(CCCNC(C)(C)C)o1. The number of hydrogen-bond donors (Lipinski definition) is 1. The standard InChI is InChI=1S/C15H22N2O2/c1-11-12(7-9-18-11)13-10-16-14(19-13)6-5-8-17-15(2,3)4/h7,9-10,17H,5-6,8H2,1-4H3. The number of oxazole rings is 1. The van der Waals surface area contributed by atoms with Crippen LogP contribution in [0.2, 0.25) is 0 Å². The molecule has 4 heteroatoms. The first-order chi connectivity index (χ1) is 8.96. The van der Waals surface area contributed by atoms with E-state index < -0.39 is 0 Å². The van der Waals surface area contributed by atoms with Crippen molar-refractivity contribution in [1.82, 2.24) is 10.3 Å². The van der Waals surface area contributed by atoms with Crippen LogP contribution in [0.15, 0.2) is 27.4 Å². The third-order valence-electron chi connectivity index (χ3n) is 2.90. The van der Waals surface area contributed by atoms with Crippen LogP contribution in [0.1, 0.15) is 38.8 Å². The number of aromatic nitrogens is 1. The normalized spacial score (nSPS) is 12.0. The van der Waals surface area contributed by atoms with Gasteiger partial charge in [-0.3, -0.25) is 0 Å². The van der Waals surface area contributed by atoms with Crippen molar-refractivity contribution in [3.8, 4) is 11.3 Å². The van der Waals surface area contributed by atoms with E-state index in [9.17, 15) is 0 Å². The van der Waals surface area contributed by atoms with Crippen LogP contribution in [-0.4, -0.2) is 17.1 Å². The number of rotatable bonds is 5. The summed E-state index contributed by atoms with van der Waals surface area (Å²) in [4.78, 5) is 4.31. The maximum atomic E-state index is 5.74. The number of nitrogens with one attached hydrogen (secondary N) is 1. The molecule has 0 aromatic carbocycles. The minimum Gasteiger partial charge on any atom is -0.469 e. The fourth-order valence-electron chi connectivity index (χ4n) is 1.89. The van der Waals surface area contributed by atoms with Crippen molar-refractivity contribution in [3.05, 3.63) is 30.2 Å².